The first-order valence-electron chi connectivity index (χ1n) is 10.5. The molecule has 0 aromatic heterocycles. The van der Waals surface area contributed by atoms with Gasteiger partial charge in [-0.05, 0) is 38.0 Å². The summed E-state index contributed by atoms with van der Waals surface area (Å²) in [4.78, 5) is 10.5. The lowest BCUT2D eigenvalue weighted by atomic mass is 9.89. The molecule has 156 valence electrons. The first-order valence-corrected chi connectivity index (χ1v) is 10.5. The molecule has 1 fully saturated rings. The van der Waals surface area contributed by atoms with E-state index in [2.05, 4.69) is 19.1 Å². The minimum atomic E-state index is -0.742. The number of carboxylic acids is 1. The van der Waals surface area contributed by atoms with Crippen LogP contribution in [0.25, 0.3) is 0 Å². The third kappa shape index (κ3) is 10.1. The van der Waals surface area contributed by atoms with Gasteiger partial charge < -0.3 is 20.4 Å². The van der Waals surface area contributed by atoms with Crippen LogP contribution in [0, 0.1) is 11.8 Å². The summed E-state index contributed by atoms with van der Waals surface area (Å²) in [6.07, 6.45) is 15.0. The highest BCUT2D eigenvalue weighted by atomic mass is 16.4. The number of carboxylic acid groups (broad SMARTS) is 1. The van der Waals surface area contributed by atoms with Crippen LogP contribution in [0.1, 0.15) is 77.6 Å². The van der Waals surface area contributed by atoms with Crippen LogP contribution in [0.3, 0.4) is 0 Å². The molecule has 0 aromatic rings. The number of rotatable bonds is 14. The lowest BCUT2D eigenvalue weighted by molar-refractivity contribution is -0.137. The molecule has 0 aliphatic heterocycles. The van der Waals surface area contributed by atoms with Gasteiger partial charge in [0.15, 0.2) is 0 Å². The van der Waals surface area contributed by atoms with Gasteiger partial charge in [-0.1, -0.05) is 56.9 Å². The zero-order valence-electron chi connectivity index (χ0n) is 16.7. The van der Waals surface area contributed by atoms with Gasteiger partial charge in [-0.3, -0.25) is 4.79 Å². The Morgan fingerprint density at radius 2 is 1.85 bits per heavy atom. The molecule has 5 nitrogen and oxygen atoms in total. The van der Waals surface area contributed by atoms with Crippen LogP contribution in [0.15, 0.2) is 24.3 Å². The topological polar surface area (TPSA) is 98.0 Å². The summed E-state index contributed by atoms with van der Waals surface area (Å²) in [5, 5.41) is 39.1. The van der Waals surface area contributed by atoms with Crippen LogP contribution in [0.5, 0.6) is 0 Å². The second kappa shape index (κ2) is 13.9. The third-order valence-corrected chi connectivity index (χ3v) is 5.41. The van der Waals surface area contributed by atoms with E-state index in [1.165, 1.54) is 0 Å². The Hall–Kier alpha value is -1.17. The van der Waals surface area contributed by atoms with Crippen LogP contribution in [0.2, 0.25) is 0 Å². The minimum Gasteiger partial charge on any atom is -0.481 e. The Balaban J connectivity index is 2.37. The maximum Gasteiger partial charge on any atom is 0.303 e. The van der Waals surface area contributed by atoms with Gasteiger partial charge in [0.25, 0.3) is 0 Å². The Kier molecular flexibility index (Phi) is 12.3. The predicted octanol–water partition coefficient (Wildman–Crippen LogP) is 3.82. The molecule has 4 N–H and O–H groups in total. The van der Waals surface area contributed by atoms with Gasteiger partial charge >= 0.3 is 5.97 Å². The largest absolute Gasteiger partial charge is 0.481 e. The van der Waals surface area contributed by atoms with Crippen LogP contribution in [0.4, 0.5) is 0 Å². The molecular weight excluding hydrogens is 344 g/mol. The second-order valence-corrected chi connectivity index (χ2v) is 7.76. The number of carbonyl (C=O) groups is 1. The summed E-state index contributed by atoms with van der Waals surface area (Å²) in [5.41, 5.74) is 0. The fourth-order valence-electron chi connectivity index (χ4n) is 3.75. The molecule has 0 bridgehead atoms. The first kappa shape index (κ1) is 23.9. The van der Waals surface area contributed by atoms with Crippen molar-refractivity contribution in [3.8, 4) is 0 Å². The molecule has 0 unspecified atom stereocenters. The molecule has 0 radical (unpaired) electrons. The SMILES string of the molecule is CCCCC[C@H](O)/C=C/[C@H]1[C@@H](C/C=C\CCCCCC(=O)O)[C@H](O)C[C@@H]1O. The van der Waals surface area contributed by atoms with Gasteiger partial charge in [0.1, 0.15) is 0 Å². The Bertz CT molecular complexity index is 460. The Morgan fingerprint density at radius 3 is 2.56 bits per heavy atom. The smallest absolute Gasteiger partial charge is 0.303 e. The molecule has 5 atom stereocenters. The summed E-state index contributed by atoms with van der Waals surface area (Å²) < 4.78 is 0. The molecule has 1 aliphatic rings. The van der Waals surface area contributed by atoms with Gasteiger partial charge in [-0.25, -0.2) is 0 Å². The Labute approximate surface area is 163 Å². The fraction of sp³-hybridized carbons (Fsp3) is 0.773. The van der Waals surface area contributed by atoms with Crippen LogP contribution >= 0.6 is 0 Å². The number of aliphatic hydroxyl groups excluding tert-OH is 3. The number of unbranched alkanes of at least 4 members (excludes halogenated alkanes) is 5. The van der Waals surface area contributed by atoms with Crippen LogP contribution in [-0.2, 0) is 4.79 Å². The predicted molar refractivity (Wildman–Crippen MR) is 107 cm³/mol. The van der Waals surface area contributed by atoms with E-state index in [0.29, 0.717) is 19.3 Å². The van der Waals surface area contributed by atoms with Gasteiger partial charge in [-0.15, -0.1) is 0 Å². The molecule has 0 saturated heterocycles. The summed E-state index contributed by atoms with van der Waals surface area (Å²) in [5.74, 6) is -0.891. The average Bonchev–Trinajstić information content (AvgIpc) is 2.88. The minimum absolute atomic E-state index is 0.0256. The number of allylic oxidation sites excluding steroid dienone is 2. The van der Waals surface area contributed by atoms with Crippen LogP contribution in [-0.4, -0.2) is 44.7 Å². The highest BCUT2D eigenvalue weighted by Gasteiger charge is 2.39. The number of hydrogen-bond acceptors (Lipinski definition) is 4. The molecule has 1 aliphatic carbocycles. The lowest BCUT2D eigenvalue weighted by Crippen LogP contribution is -2.20. The number of aliphatic carboxylic acids is 1. The monoisotopic (exact) mass is 382 g/mol. The molecule has 5 heteroatoms. The van der Waals surface area contributed by atoms with Crippen molar-refractivity contribution >= 4 is 5.97 Å². The number of aliphatic hydroxyl groups is 3. The third-order valence-electron chi connectivity index (χ3n) is 5.41. The van der Waals surface area contributed by atoms with Crippen molar-refractivity contribution in [3.05, 3.63) is 24.3 Å². The van der Waals surface area contributed by atoms with E-state index >= 15 is 0 Å². The zero-order chi connectivity index (χ0) is 20.1. The second-order valence-electron chi connectivity index (χ2n) is 7.76. The normalized spacial score (nSPS) is 27.0. The zero-order valence-corrected chi connectivity index (χ0v) is 16.7. The highest BCUT2D eigenvalue weighted by Crippen LogP contribution is 2.36. The first-order chi connectivity index (χ1) is 13.0. The van der Waals surface area contributed by atoms with E-state index in [0.717, 1.165) is 44.9 Å². The number of hydrogen-bond donors (Lipinski definition) is 4. The summed E-state index contributed by atoms with van der Waals surface area (Å²) in [6.45, 7) is 2.13. The van der Waals surface area contributed by atoms with Gasteiger partial charge in [-0.2, -0.15) is 0 Å². The van der Waals surface area contributed by atoms with Crippen molar-refractivity contribution in [2.75, 3.05) is 0 Å². The maximum absolute atomic E-state index is 10.5. The van der Waals surface area contributed by atoms with E-state index in [-0.39, 0.29) is 18.3 Å². The van der Waals surface area contributed by atoms with Crippen molar-refractivity contribution in [1.82, 2.24) is 0 Å². The van der Waals surface area contributed by atoms with E-state index in [1.54, 1.807) is 6.08 Å². The molecule has 0 amide bonds. The Morgan fingerprint density at radius 1 is 1.07 bits per heavy atom. The summed E-state index contributed by atoms with van der Waals surface area (Å²) in [7, 11) is 0. The molecular formula is C22H38O5. The van der Waals surface area contributed by atoms with Crippen molar-refractivity contribution in [3.63, 3.8) is 0 Å². The highest BCUT2D eigenvalue weighted by molar-refractivity contribution is 5.66. The lowest BCUT2D eigenvalue weighted by Gasteiger charge is -2.19. The summed E-state index contributed by atoms with van der Waals surface area (Å²) in [6, 6.07) is 0. The molecule has 0 aromatic carbocycles. The maximum atomic E-state index is 10.5. The van der Waals surface area contributed by atoms with Gasteiger partial charge in [0.2, 0.25) is 0 Å². The van der Waals surface area contributed by atoms with E-state index in [9.17, 15) is 20.1 Å². The molecule has 1 rings (SSSR count). The molecule has 0 heterocycles. The quantitative estimate of drug-likeness (QED) is 0.270. The fourth-order valence-corrected chi connectivity index (χ4v) is 3.75. The standard InChI is InChI=1S/C22H38O5/c1-2-3-8-11-17(23)14-15-19-18(20(24)16-21(19)25)12-9-6-4-5-7-10-13-22(26)27/h6,9,14-15,17-21,23-25H,2-5,7-8,10-13,16H2,1H3,(H,26,27)/b9-6-,15-14+/t17-,18+,19-,20+,21-/m0/s1. The van der Waals surface area contributed by atoms with E-state index in [4.69, 9.17) is 5.11 Å². The van der Waals surface area contributed by atoms with Gasteiger partial charge in [0, 0.05) is 18.8 Å². The van der Waals surface area contributed by atoms with Crippen molar-refractivity contribution in [1.29, 1.82) is 0 Å². The van der Waals surface area contributed by atoms with Crippen LogP contribution < -0.4 is 0 Å². The summed E-state index contributed by atoms with van der Waals surface area (Å²) >= 11 is 0. The molecule has 27 heavy (non-hydrogen) atoms. The van der Waals surface area contributed by atoms with Gasteiger partial charge in [0.05, 0.1) is 18.3 Å². The molecule has 1 saturated carbocycles. The van der Waals surface area contributed by atoms with Crippen molar-refractivity contribution in [2.24, 2.45) is 11.8 Å². The van der Waals surface area contributed by atoms with E-state index in [1.807, 2.05) is 6.08 Å². The average molecular weight is 383 g/mol. The van der Waals surface area contributed by atoms with E-state index < -0.39 is 24.3 Å². The molecule has 0 spiro atoms. The van der Waals surface area contributed by atoms with Crippen molar-refractivity contribution in [2.45, 2.75) is 95.9 Å². The van der Waals surface area contributed by atoms with Crippen molar-refractivity contribution < 1.29 is 25.2 Å².